The van der Waals surface area contributed by atoms with Crippen molar-refractivity contribution in [1.29, 1.82) is 0 Å². The predicted octanol–water partition coefficient (Wildman–Crippen LogP) is 1.65. The van der Waals surface area contributed by atoms with Crippen molar-refractivity contribution in [3.63, 3.8) is 0 Å². The first-order valence-corrected chi connectivity index (χ1v) is 7.39. The third kappa shape index (κ3) is 3.90. The summed E-state index contributed by atoms with van der Waals surface area (Å²) in [7, 11) is 0. The number of ether oxygens (including phenoxy) is 1. The van der Waals surface area contributed by atoms with Crippen molar-refractivity contribution < 1.29 is 24.5 Å². The largest absolute Gasteiger partial charge is 0.506 e. The molecule has 0 spiro atoms. The maximum Gasteiger partial charge on any atom is 0.217 e. The van der Waals surface area contributed by atoms with Gasteiger partial charge in [0.2, 0.25) is 5.91 Å². The lowest BCUT2D eigenvalue weighted by atomic mass is 9.96. The van der Waals surface area contributed by atoms with Gasteiger partial charge in [-0.2, -0.15) is 0 Å². The number of Topliss-reactive ketones (excluding diaryl/α,β-unsaturated/α-hetero) is 1. The van der Waals surface area contributed by atoms with Gasteiger partial charge in [0.25, 0.3) is 0 Å². The molecule has 0 aliphatic carbocycles. The monoisotopic (exact) mass is 319 g/mol. The van der Waals surface area contributed by atoms with E-state index in [2.05, 4.69) is 5.32 Å². The van der Waals surface area contributed by atoms with Gasteiger partial charge in [-0.1, -0.05) is 0 Å². The molecule has 0 radical (unpaired) electrons. The van der Waals surface area contributed by atoms with E-state index in [0.29, 0.717) is 11.3 Å². The van der Waals surface area contributed by atoms with E-state index in [9.17, 15) is 19.8 Å². The van der Waals surface area contributed by atoms with Crippen molar-refractivity contribution in [3.8, 4) is 11.5 Å². The first kappa shape index (κ1) is 17.0. The van der Waals surface area contributed by atoms with Crippen molar-refractivity contribution in [2.75, 3.05) is 6.61 Å². The van der Waals surface area contributed by atoms with Gasteiger partial charge in [0, 0.05) is 13.3 Å². The summed E-state index contributed by atoms with van der Waals surface area (Å²) in [4.78, 5) is 23.4. The van der Waals surface area contributed by atoms with Gasteiger partial charge in [0.05, 0.1) is 23.8 Å². The minimum atomic E-state index is -0.679. The number of hydrogen-bond donors (Lipinski definition) is 3. The van der Waals surface area contributed by atoms with E-state index in [1.807, 2.05) is 13.8 Å². The lowest BCUT2D eigenvalue weighted by molar-refractivity contribution is -0.119. The molecule has 1 aliphatic rings. The highest BCUT2D eigenvalue weighted by molar-refractivity contribution is 6.00. The average Bonchev–Trinajstić information content (AvgIpc) is 2.45. The number of nitrogens with one attached hydrogen (secondary N) is 1. The number of aromatic hydroxyl groups is 1. The van der Waals surface area contributed by atoms with Crippen LogP contribution in [0, 0.1) is 0 Å². The summed E-state index contributed by atoms with van der Waals surface area (Å²) >= 11 is 0. The Hall–Kier alpha value is -2.34. The second-order valence-corrected chi connectivity index (χ2v) is 6.12. The highest BCUT2D eigenvalue weighted by atomic mass is 16.5. The van der Waals surface area contributed by atoms with Gasteiger partial charge in [0.15, 0.2) is 5.78 Å². The zero-order valence-electron chi connectivity index (χ0n) is 13.4. The maximum absolute atomic E-state index is 12.3. The summed E-state index contributed by atoms with van der Waals surface area (Å²) < 4.78 is 5.73. The number of aliphatic hydroxyl groups is 1. The summed E-state index contributed by atoms with van der Waals surface area (Å²) in [5, 5.41) is 22.1. The van der Waals surface area contributed by atoms with Crippen LogP contribution in [0.2, 0.25) is 0 Å². The van der Waals surface area contributed by atoms with Crippen LogP contribution in [0.5, 0.6) is 11.5 Å². The standard InChI is InChI=1S/C17H21NO5/c1-10(20)18-11(9-19)8-14(21)12-4-5-15-13(16(12)22)6-7-17(2,3)23-15/h4-7,11,19,22H,8-9H2,1-3H3,(H,18,20)/t11-/m1/s1. The first-order valence-electron chi connectivity index (χ1n) is 7.39. The van der Waals surface area contributed by atoms with Crippen LogP contribution in [0.4, 0.5) is 0 Å². The summed E-state index contributed by atoms with van der Waals surface area (Å²) in [5.74, 6) is -0.340. The van der Waals surface area contributed by atoms with Crippen LogP contribution < -0.4 is 10.1 Å². The number of fused-ring (bicyclic) bond motifs is 1. The Bertz CT molecular complexity index is 663. The number of aliphatic hydroxyl groups excluding tert-OH is 1. The number of amides is 1. The lowest BCUT2D eigenvalue weighted by Gasteiger charge is -2.28. The minimum absolute atomic E-state index is 0.0987. The molecule has 3 N–H and O–H groups in total. The van der Waals surface area contributed by atoms with Crippen molar-refractivity contribution >= 4 is 17.8 Å². The van der Waals surface area contributed by atoms with Gasteiger partial charge < -0.3 is 20.3 Å². The topological polar surface area (TPSA) is 95.9 Å². The first-order chi connectivity index (χ1) is 10.7. The Morgan fingerprint density at radius 3 is 2.65 bits per heavy atom. The van der Waals surface area contributed by atoms with Crippen LogP contribution in [-0.2, 0) is 4.79 Å². The van der Waals surface area contributed by atoms with Gasteiger partial charge >= 0.3 is 0 Å². The quantitative estimate of drug-likeness (QED) is 0.717. The molecule has 0 aromatic heterocycles. The fourth-order valence-corrected chi connectivity index (χ4v) is 2.45. The minimum Gasteiger partial charge on any atom is -0.506 e. The molecule has 1 atom stereocenters. The number of carbonyl (C=O) groups is 2. The molecule has 6 heteroatoms. The van der Waals surface area contributed by atoms with Crippen molar-refractivity contribution in [2.45, 2.75) is 38.8 Å². The van der Waals surface area contributed by atoms with Gasteiger partial charge in [-0.25, -0.2) is 0 Å². The van der Waals surface area contributed by atoms with Gasteiger partial charge in [-0.3, -0.25) is 9.59 Å². The molecule has 1 aliphatic heterocycles. The van der Waals surface area contributed by atoms with E-state index in [-0.39, 0.29) is 36.0 Å². The number of rotatable bonds is 5. The molecule has 6 nitrogen and oxygen atoms in total. The van der Waals surface area contributed by atoms with Crippen LogP contribution in [0.25, 0.3) is 6.08 Å². The van der Waals surface area contributed by atoms with Crippen LogP contribution in [-0.4, -0.2) is 40.2 Å². The summed E-state index contributed by atoms with van der Waals surface area (Å²) in [6, 6.07) is 2.45. The Labute approximate surface area is 134 Å². The predicted molar refractivity (Wildman–Crippen MR) is 85.5 cm³/mol. The molecule has 0 saturated carbocycles. The number of phenols is 1. The van der Waals surface area contributed by atoms with E-state index in [0.717, 1.165) is 0 Å². The number of carbonyl (C=O) groups excluding carboxylic acids is 2. The fourth-order valence-electron chi connectivity index (χ4n) is 2.45. The van der Waals surface area contributed by atoms with Crippen LogP contribution >= 0.6 is 0 Å². The molecule has 0 saturated heterocycles. The second kappa shape index (κ2) is 6.42. The molecule has 0 unspecified atom stereocenters. The fraction of sp³-hybridized carbons (Fsp3) is 0.412. The van der Waals surface area contributed by atoms with E-state index < -0.39 is 11.6 Å². The molecule has 1 aromatic carbocycles. The van der Waals surface area contributed by atoms with E-state index >= 15 is 0 Å². The smallest absolute Gasteiger partial charge is 0.217 e. The molecule has 1 amide bonds. The molecule has 23 heavy (non-hydrogen) atoms. The maximum atomic E-state index is 12.3. The molecule has 1 aromatic rings. The zero-order chi connectivity index (χ0) is 17.2. The Morgan fingerprint density at radius 1 is 1.35 bits per heavy atom. The molecule has 0 bridgehead atoms. The normalized spacial score (nSPS) is 16.2. The van der Waals surface area contributed by atoms with Crippen LogP contribution in [0.1, 0.15) is 43.1 Å². The molecule has 2 rings (SSSR count). The van der Waals surface area contributed by atoms with Crippen LogP contribution in [0.3, 0.4) is 0 Å². The molecular weight excluding hydrogens is 298 g/mol. The number of benzene rings is 1. The molecule has 124 valence electrons. The summed E-state index contributed by atoms with van der Waals surface area (Å²) in [5.41, 5.74) is 0.119. The zero-order valence-corrected chi connectivity index (χ0v) is 13.4. The number of ketones is 1. The van der Waals surface area contributed by atoms with E-state index in [4.69, 9.17) is 4.74 Å². The molecular formula is C17H21NO5. The lowest BCUT2D eigenvalue weighted by Crippen LogP contribution is -2.37. The highest BCUT2D eigenvalue weighted by Crippen LogP contribution is 2.38. The van der Waals surface area contributed by atoms with Crippen molar-refractivity contribution in [2.24, 2.45) is 0 Å². The summed E-state index contributed by atoms with van der Waals surface area (Å²) in [6.07, 6.45) is 3.43. The number of phenolic OH excluding ortho intramolecular Hbond substituents is 1. The Kier molecular flexibility index (Phi) is 4.75. The average molecular weight is 319 g/mol. The third-order valence-electron chi connectivity index (χ3n) is 3.56. The summed E-state index contributed by atoms with van der Waals surface area (Å²) in [6.45, 7) is 4.74. The second-order valence-electron chi connectivity index (χ2n) is 6.12. The Morgan fingerprint density at radius 2 is 2.04 bits per heavy atom. The SMILES string of the molecule is CC(=O)N[C@@H](CO)CC(=O)c1ccc2c(c1O)C=CC(C)(C)O2. The van der Waals surface area contributed by atoms with Crippen molar-refractivity contribution in [3.05, 3.63) is 29.3 Å². The van der Waals surface area contributed by atoms with E-state index in [1.54, 1.807) is 18.2 Å². The highest BCUT2D eigenvalue weighted by Gasteiger charge is 2.26. The van der Waals surface area contributed by atoms with Crippen molar-refractivity contribution in [1.82, 2.24) is 5.32 Å². The third-order valence-corrected chi connectivity index (χ3v) is 3.56. The van der Waals surface area contributed by atoms with Crippen LogP contribution in [0.15, 0.2) is 18.2 Å². The Balaban J connectivity index is 2.24. The number of hydrogen-bond acceptors (Lipinski definition) is 5. The van der Waals surface area contributed by atoms with Gasteiger partial charge in [0.1, 0.15) is 17.1 Å². The van der Waals surface area contributed by atoms with E-state index in [1.165, 1.54) is 13.0 Å². The van der Waals surface area contributed by atoms with Gasteiger partial charge in [-0.05, 0) is 38.1 Å². The molecule has 1 heterocycles. The van der Waals surface area contributed by atoms with Gasteiger partial charge in [-0.15, -0.1) is 0 Å². The molecule has 0 fully saturated rings.